The Morgan fingerprint density at radius 1 is 1.10 bits per heavy atom. The number of nitrogen functional groups attached to an aromatic ring is 1. The Bertz CT molecular complexity index is 536. The Morgan fingerprint density at radius 3 is 2.55 bits per heavy atom. The molecule has 0 aliphatic heterocycles. The van der Waals surface area contributed by atoms with Gasteiger partial charge in [0.25, 0.3) is 5.88 Å². The normalized spacial score (nSPS) is 9.90. The molecule has 0 fully saturated rings. The van der Waals surface area contributed by atoms with Gasteiger partial charge < -0.3 is 19.6 Å². The number of para-hydroxylation sites is 1. The van der Waals surface area contributed by atoms with Crippen molar-refractivity contribution < 1.29 is 14.2 Å². The van der Waals surface area contributed by atoms with Crippen LogP contribution in [0, 0.1) is 0 Å². The number of hydrogen-bond donors (Lipinski definition) is 2. The third kappa shape index (κ3) is 3.48. The van der Waals surface area contributed by atoms with Gasteiger partial charge in [-0.15, -0.1) is 0 Å². The first-order chi connectivity index (χ1) is 9.85. The number of nitrogens with zero attached hydrogens (tertiary/aromatic N) is 2. The molecule has 0 spiro atoms. The molecule has 0 radical (unpaired) electrons. The number of nitrogens with two attached hydrogens (primary N) is 1. The highest BCUT2D eigenvalue weighted by Crippen LogP contribution is 2.29. The largest absolute Gasteiger partial charge is 0.490 e. The van der Waals surface area contributed by atoms with Crippen LogP contribution in [0.5, 0.6) is 17.4 Å². The molecule has 7 nitrogen and oxygen atoms in total. The number of aromatic nitrogens is 2. The Hall–Kier alpha value is -2.54. The lowest BCUT2D eigenvalue weighted by molar-refractivity contribution is 0.205. The molecule has 0 amide bonds. The van der Waals surface area contributed by atoms with Gasteiger partial charge in [-0.25, -0.2) is 10.8 Å². The molecule has 0 saturated heterocycles. The van der Waals surface area contributed by atoms with Gasteiger partial charge in [0, 0.05) is 0 Å². The topological polar surface area (TPSA) is 91.5 Å². The van der Waals surface area contributed by atoms with Gasteiger partial charge in [-0.3, -0.25) is 0 Å². The van der Waals surface area contributed by atoms with Gasteiger partial charge in [0.1, 0.15) is 25.3 Å². The van der Waals surface area contributed by atoms with Crippen molar-refractivity contribution >= 4 is 5.82 Å². The third-order valence-electron chi connectivity index (χ3n) is 2.45. The smallest absolute Gasteiger partial charge is 0.262 e. The monoisotopic (exact) mass is 276 g/mol. The number of rotatable bonds is 7. The highest BCUT2D eigenvalue weighted by Gasteiger charge is 2.12. The summed E-state index contributed by atoms with van der Waals surface area (Å²) in [4.78, 5) is 7.91. The van der Waals surface area contributed by atoms with Crippen LogP contribution in [0.2, 0.25) is 0 Å². The maximum atomic E-state index is 5.51. The van der Waals surface area contributed by atoms with E-state index in [1.54, 1.807) is 0 Å². The van der Waals surface area contributed by atoms with Crippen LogP contribution >= 0.6 is 0 Å². The highest BCUT2D eigenvalue weighted by molar-refractivity contribution is 5.54. The molecule has 0 aliphatic rings. The molecule has 3 N–H and O–H groups in total. The summed E-state index contributed by atoms with van der Waals surface area (Å²) in [5.41, 5.74) is 2.42. The number of hydrazine groups is 1. The molecule has 0 atom stereocenters. The summed E-state index contributed by atoms with van der Waals surface area (Å²) in [5.74, 6) is 7.14. The van der Waals surface area contributed by atoms with Crippen LogP contribution in [-0.2, 0) is 0 Å². The van der Waals surface area contributed by atoms with Crippen LogP contribution in [0.15, 0.2) is 36.7 Å². The molecule has 2 rings (SSSR count). The Kier molecular flexibility index (Phi) is 4.96. The molecule has 1 heterocycles. The standard InChI is InChI=1S/C13H16N4O3/c1-18-11-12(17-14)15-9-16-13(11)20-8-7-19-10-5-3-2-4-6-10/h2-6,9H,7-8,14H2,1H3,(H,15,16,17). The fraction of sp³-hybridized carbons (Fsp3) is 0.231. The number of hydrogen-bond acceptors (Lipinski definition) is 7. The summed E-state index contributed by atoms with van der Waals surface area (Å²) in [6.45, 7) is 0.717. The summed E-state index contributed by atoms with van der Waals surface area (Å²) in [5, 5.41) is 0. The van der Waals surface area contributed by atoms with Crippen molar-refractivity contribution in [3.63, 3.8) is 0 Å². The van der Waals surface area contributed by atoms with Crippen molar-refractivity contribution in [2.24, 2.45) is 5.84 Å². The number of ether oxygens (including phenoxy) is 3. The van der Waals surface area contributed by atoms with E-state index in [0.29, 0.717) is 30.7 Å². The quantitative estimate of drug-likeness (QED) is 0.446. The Labute approximate surface area is 116 Å². The van der Waals surface area contributed by atoms with Crippen LogP contribution in [0.25, 0.3) is 0 Å². The zero-order valence-electron chi connectivity index (χ0n) is 11.1. The summed E-state index contributed by atoms with van der Waals surface area (Å²) >= 11 is 0. The maximum absolute atomic E-state index is 5.51. The van der Waals surface area contributed by atoms with Gasteiger partial charge in [0.15, 0.2) is 5.82 Å². The second-order valence-corrected chi connectivity index (χ2v) is 3.71. The van der Waals surface area contributed by atoms with E-state index in [0.717, 1.165) is 5.75 Å². The fourth-order valence-electron chi connectivity index (χ4n) is 1.56. The van der Waals surface area contributed by atoms with E-state index in [2.05, 4.69) is 15.4 Å². The van der Waals surface area contributed by atoms with Crippen molar-refractivity contribution in [1.82, 2.24) is 9.97 Å². The molecule has 2 aromatic rings. The molecule has 0 unspecified atom stereocenters. The van der Waals surface area contributed by atoms with E-state index in [1.165, 1.54) is 13.4 Å². The van der Waals surface area contributed by atoms with Crippen molar-refractivity contribution in [3.05, 3.63) is 36.7 Å². The average molecular weight is 276 g/mol. The van der Waals surface area contributed by atoms with Gasteiger partial charge in [-0.1, -0.05) is 18.2 Å². The minimum atomic E-state index is 0.312. The lowest BCUT2D eigenvalue weighted by atomic mass is 10.3. The van der Waals surface area contributed by atoms with Crippen molar-refractivity contribution in [3.8, 4) is 17.4 Å². The number of nitrogens with one attached hydrogen (secondary N) is 1. The summed E-state index contributed by atoms with van der Waals surface area (Å²) in [6, 6.07) is 9.49. The van der Waals surface area contributed by atoms with Gasteiger partial charge >= 0.3 is 0 Å². The van der Waals surface area contributed by atoms with Crippen molar-refractivity contribution in [1.29, 1.82) is 0 Å². The highest BCUT2D eigenvalue weighted by atomic mass is 16.5. The minimum Gasteiger partial charge on any atom is -0.490 e. The van der Waals surface area contributed by atoms with Crippen LogP contribution in [-0.4, -0.2) is 30.3 Å². The van der Waals surface area contributed by atoms with Gasteiger partial charge in [-0.05, 0) is 12.1 Å². The second-order valence-electron chi connectivity index (χ2n) is 3.71. The van der Waals surface area contributed by atoms with E-state index in [1.807, 2.05) is 30.3 Å². The predicted molar refractivity (Wildman–Crippen MR) is 73.8 cm³/mol. The van der Waals surface area contributed by atoms with Gasteiger partial charge in [-0.2, -0.15) is 4.98 Å². The fourth-order valence-corrected chi connectivity index (χ4v) is 1.56. The van der Waals surface area contributed by atoms with E-state index >= 15 is 0 Å². The Balaban J connectivity index is 1.88. The van der Waals surface area contributed by atoms with Crippen LogP contribution < -0.4 is 25.5 Å². The van der Waals surface area contributed by atoms with Gasteiger partial charge in [0.05, 0.1) is 7.11 Å². The first-order valence-electron chi connectivity index (χ1n) is 6.01. The van der Waals surface area contributed by atoms with Gasteiger partial charge in [0.2, 0.25) is 5.75 Å². The second kappa shape index (κ2) is 7.15. The zero-order valence-corrected chi connectivity index (χ0v) is 11.1. The molecule has 0 aliphatic carbocycles. The molecule has 1 aromatic heterocycles. The SMILES string of the molecule is COc1c(NN)ncnc1OCCOc1ccccc1. The predicted octanol–water partition coefficient (Wildman–Crippen LogP) is 1.23. The third-order valence-corrected chi connectivity index (χ3v) is 2.45. The van der Waals surface area contributed by atoms with E-state index in [9.17, 15) is 0 Å². The number of anilines is 1. The van der Waals surface area contributed by atoms with Crippen LogP contribution in [0.3, 0.4) is 0 Å². The molecular weight excluding hydrogens is 260 g/mol. The molecule has 7 heteroatoms. The van der Waals surface area contributed by atoms with Crippen molar-refractivity contribution in [2.45, 2.75) is 0 Å². The molecule has 106 valence electrons. The number of methoxy groups -OCH3 is 1. The minimum absolute atomic E-state index is 0.312. The van der Waals surface area contributed by atoms with E-state index in [-0.39, 0.29) is 0 Å². The lowest BCUT2D eigenvalue weighted by Gasteiger charge is -2.12. The Morgan fingerprint density at radius 2 is 1.85 bits per heavy atom. The lowest BCUT2D eigenvalue weighted by Crippen LogP contribution is -2.13. The van der Waals surface area contributed by atoms with Crippen LogP contribution in [0.4, 0.5) is 5.82 Å². The molecule has 0 bridgehead atoms. The molecule has 20 heavy (non-hydrogen) atoms. The first kappa shape index (κ1) is 13.9. The summed E-state index contributed by atoms with van der Waals surface area (Å²) in [7, 11) is 1.49. The average Bonchev–Trinajstić information content (AvgIpc) is 2.52. The number of benzene rings is 1. The first-order valence-corrected chi connectivity index (χ1v) is 6.01. The van der Waals surface area contributed by atoms with E-state index in [4.69, 9.17) is 20.1 Å². The molecule has 0 saturated carbocycles. The van der Waals surface area contributed by atoms with Crippen LogP contribution in [0.1, 0.15) is 0 Å². The zero-order chi connectivity index (χ0) is 14.2. The summed E-state index contributed by atoms with van der Waals surface area (Å²) < 4.78 is 16.2. The molecule has 1 aromatic carbocycles. The van der Waals surface area contributed by atoms with Crippen molar-refractivity contribution in [2.75, 3.05) is 25.7 Å². The molecular formula is C13H16N4O3. The summed E-state index contributed by atoms with van der Waals surface area (Å²) in [6.07, 6.45) is 1.34. The van der Waals surface area contributed by atoms with E-state index < -0.39 is 0 Å². The maximum Gasteiger partial charge on any atom is 0.262 e.